The van der Waals surface area contributed by atoms with Crippen molar-refractivity contribution in [2.45, 2.75) is 12.4 Å². The highest BCUT2D eigenvalue weighted by molar-refractivity contribution is 6.00. The number of carboxylic acids is 1. The number of hydrogen-bond donors (Lipinski definition) is 2. The molecule has 258 valence electrons. The van der Waals surface area contributed by atoms with Crippen LogP contribution >= 0.6 is 0 Å². The molecule has 0 aliphatic heterocycles. The van der Waals surface area contributed by atoms with Crippen LogP contribution in [-0.4, -0.2) is 23.5 Å². The van der Waals surface area contributed by atoms with Crippen LogP contribution in [0.15, 0.2) is 121 Å². The molecule has 0 aromatic heterocycles. The number of alkyl halides is 6. The van der Waals surface area contributed by atoms with E-state index in [0.29, 0.717) is 27.8 Å². The van der Waals surface area contributed by atoms with Gasteiger partial charge in [-0.05, 0) is 108 Å². The monoisotopic (exact) mass is 701 g/mol. The maximum absolute atomic E-state index is 12.7. The number of rotatable bonds is 7. The molecule has 51 heavy (non-hydrogen) atoms. The van der Waals surface area contributed by atoms with E-state index in [-0.39, 0.29) is 29.5 Å². The van der Waals surface area contributed by atoms with Gasteiger partial charge in [0.2, 0.25) is 0 Å². The lowest BCUT2D eigenvalue weighted by Gasteiger charge is -2.11. The highest BCUT2D eigenvalue weighted by Gasteiger charge is 2.31. The van der Waals surface area contributed by atoms with Gasteiger partial charge in [-0.25, -0.2) is 4.79 Å². The van der Waals surface area contributed by atoms with Crippen molar-refractivity contribution < 1.29 is 50.5 Å². The summed E-state index contributed by atoms with van der Waals surface area (Å²) in [6, 6.07) is 28.8. The number of hydrogen-bond acceptors (Lipinski definition) is 4. The average Bonchev–Trinajstić information content (AvgIpc) is 3.10. The molecule has 12 heteroatoms. The van der Waals surface area contributed by atoms with E-state index in [4.69, 9.17) is 21.0 Å². The van der Waals surface area contributed by atoms with E-state index in [1.807, 2.05) is 6.07 Å². The van der Waals surface area contributed by atoms with Gasteiger partial charge in [-0.3, -0.25) is 4.79 Å². The number of terminal acetylenes is 1. The Morgan fingerprint density at radius 1 is 0.627 bits per heavy atom. The van der Waals surface area contributed by atoms with Crippen LogP contribution in [0.5, 0.6) is 23.0 Å². The number of halogens is 6. The maximum atomic E-state index is 12.7. The maximum Gasteiger partial charge on any atom is 0.416 e. The number of amides is 1. The average molecular weight is 702 g/mol. The van der Waals surface area contributed by atoms with Crippen LogP contribution in [-0.2, 0) is 12.4 Å². The van der Waals surface area contributed by atoms with E-state index in [1.165, 1.54) is 36.4 Å². The highest BCUT2D eigenvalue weighted by atomic mass is 19.4. The first-order valence-corrected chi connectivity index (χ1v) is 14.9. The topological polar surface area (TPSA) is 84.9 Å². The van der Waals surface area contributed by atoms with Crippen LogP contribution in [0.1, 0.15) is 31.8 Å². The third-order valence-electron chi connectivity index (χ3n) is 7.36. The molecule has 2 N–H and O–H groups in total. The van der Waals surface area contributed by atoms with Gasteiger partial charge in [-0.1, -0.05) is 30.2 Å². The molecule has 0 aliphatic carbocycles. The first-order chi connectivity index (χ1) is 24.2. The van der Waals surface area contributed by atoms with Crippen LogP contribution in [0.2, 0.25) is 0 Å². The Morgan fingerprint density at radius 2 is 1.06 bits per heavy atom. The van der Waals surface area contributed by atoms with Crippen LogP contribution in [0, 0.1) is 12.3 Å². The molecule has 0 atom stereocenters. The molecule has 0 fully saturated rings. The van der Waals surface area contributed by atoms with Crippen molar-refractivity contribution in [1.29, 1.82) is 0 Å². The van der Waals surface area contributed by atoms with Crippen molar-refractivity contribution >= 4 is 33.4 Å². The lowest BCUT2D eigenvalue weighted by Crippen LogP contribution is -2.23. The van der Waals surface area contributed by atoms with Crippen molar-refractivity contribution in [2.24, 2.45) is 0 Å². The molecular weight excluding hydrogens is 676 g/mol. The SMILES string of the molecule is C#CCNC(=O)c1ccc2c(Oc3ccc(C(F)(F)F)cc3)cccc2c1.O=C(O)c1ccc2c(Oc3ccc(C(F)(F)F)cc3)cccc2c1. The highest BCUT2D eigenvalue weighted by Crippen LogP contribution is 2.35. The molecular formula is C39H25F6NO5. The van der Waals surface area contributed by atoms with Crippen molar-refractivity contribution in [1.82, 2.24) is 5.32 Å². The Morgan fingerprint density at radius 3 is 1.47 bits per heavy atom. The second-order valence-corrected chi connectivity index (χ2v) is 10.8. The van der Waals surface area contributed by atoms with Crippen molar-refractivity contribution in [3.8, 4) is 35.3 Å². The number of carbonyl (C=O) groups excluding carboxylic acids is 1. The molecule has 0 aliphatic rings. The molecule has 0 bridgehead atoms. The Kier molecular flexibility index (Phi) is 10.5. The molecule has 0 radical (unpaired) electrons. The Labute approximate surface area is 286 Å². The molecule has 6 rings (SSSR count). The zero-order valence-electron chi connectivity index (χ0n) is 26.2. The summed E-state index contributed by atoms with van der Waals surface area (Å²) in [6.07, 6.45) is -3.66. The lowest BCUT2D eigenvalue weighted by molar-refractivity contribution is -0.138. The number of carbonyl (C=O) groups is 2. The quantitative estimate of drug-likeness (QED) is 0.128. The van der Waals surface area contributed by atoms with Gasteiger partial charge in [0.05, 0.1) is 23.2 Å². The van der Waals surface area contributed by atoms with Gasteiger partial charge in [-0.15, -0.1) is 6.42 Å². The van der Waals surface area contributed by atoms with Crippen LogP contribution in [0.4, 0.5) is 26.3 Å². The van der Waals surface area contributed by atoms with E-state index in [2.05, 4.69) is 11.2 Å². The van der Waals surface area contributed by atoms with E-state index in [1.54, 1.807) is 54.6 Å². The van der Waals surface area contributed by atoms with Gasteiger partial charge >= 0.3 is 18.3 Å². The van der Waals surface area contributed by atoms with Gasteiger partial charge in [-0.2, -0.15) is 26.3 Å². The molecule has 0 unspecified atom stereocenters. The predicted octanol–water partition coefficient (Wildman–Crippen LogP) is 10.4. The largest absolute Gasteiger partial charge is 0.478 e. The molecule has 0 heterocycles. The molecule has 6 aromatic rings. The standard InChI is InChI=1S/C21H14F3NO2.C18H11F3O3/c1-2-12-25-20(26)15-6-11-18-14(13-15)4-3-5-19(18)27-17-9-7-16(8-10-17)21(22,23)24;19-18(20,21)13-5-7-14(8-6-13)24-16-3-1-2-11-10-12(17(22)23)4-9-15(11)16/h1,3-11,13H,12H2,(H,25,26);1-10H,(H,22,23). The van der Waals surface area contributed by atoms with Crippen LogP contribution < -0.4 is 14.8 Å². The summed E-state index contributed by atoms with van der Waals surface area (Å²) in [7, 11) is 0. The van der Waals surface area contributed by atoms with Gasteiger partial charge in [0.15, 0.2) is 0 Å². The molecule has 0 spiro atoms. The number of fused-ring (bicyclic) bond motifs is 2. The third-order valence-corrected chi connectivity index (χ3v) is 7.36. The molecule has 1 amide bonds. The number of carboxylic acid groups (broad SMARTS) is 1. The fraction of sp³-hybridized carbons (Fsp3) is 0.0769. The third kappa shape index (κ3) is 8.96. The molecule has 6 nitrogen and oxygen atoms in total. The minimum atomic E-state index is -4.40. The van der Waals surface area contributed by atoms with Gasteiger partial charge in [0, 0.05) is 16.3 Å². The normalized spacial score (nSPS) is 11.2. The van der Waals surface area contributed by atoms with Crippen LogP contribution in [0.25, 0.3) is 21.5 Å². The number of benzene rings is 6. The first-order valence-electron chi connectivity index (χ1n) is 14.9. The van der Waals surface area contributed by atoms with Crippen molar-refractivity contribution in [2.75, 3.05) is 6.54 Å². The number of ether oxygens (including phenoxy) is 2. The predicted molar refractivity (Wildman–Crippen MR) is 179 cm³/mol. The zero-order chi connectivity index (χ0) is 36.8. The summed E-state index contributed by atoms with van der Waals surface area (Å²) in [5, 5.41) is 14.4. The fourth-order valence-electron chi connectivity index (χ4n) is 4.87. The number of nitrogens with one attached hydrogen (secondary N) is 1. The summed E-state index contributed by atoms with van der Waals surface area (Å²) in [4.78, 5) is 23.0. The van der Waals surface area contributed by atoms with E-state index < -0.39 is 29.4 Å². The van der Waals surface area contributed by atoms with Gasteiger partial charge in [0.25, 0.3) is 5.91 Å². The van der Waals surface area contributed by atoms with Crippen molar-refractivity contribution in [3.05, 3.63) is 144 Å². The smallest absolute Gasteiger partial charge is 0.416 e. The van der Waals surface area contributed by atoms with E-state index in [9.17, 15) is 35.9 Å². The number of aromatic carboxylic acids is 1. The molecule has 6 aromatic carbocycles. The molecule has 0 saturated heterocycles. The molecule has 0 saturated carbocycles. The van der Waals surface area contributed by atoms with E-state index >= 15 is 0 Å². The van der Waals surface area contributed by atoms with Crippen molar-refractivity contribution in [3.63, 3.8) is 0 Å². The summed E-state index contributed by atoms with van der Waals surface area (Å²) in [5.41, 5.74) is -0.895. The summed E-state index contributed by atoms with van der Waals surface area (Å²) >= 11 is 0. The summed E-state index contributed by atoms with van der Waals surface area (Å²) in [6.45, 7) is 0.133. The summed E-state index contributed by atoms with van der Waals surface area (Å²) < 4.78 is 87.0. The second kappa shape index (κ2) is 15.0. The summed E-state index contributed by atoms with van der Waals surface area (Å²) in [5.74, 6) is 2.46. The Bertz CT molecular complexity index is 2240. The van der Waals surface area contributed by atoms with Crippen LogP contribution in [0.3, 0.4) is 0 Å². The Hall–Kier alpha value is -6.48. The minimum Gasteiger partial charge on any atom is -0.478 e. The zero-order valence-corrected chi connectivity index (χ0v) is 26.2. The second-order valence-electron chi connectivity index (χ2n) is 10.8. The van der Waals surface area contributed by atoms with Gasteiger partial charge in [0.1, 0.15) is 23.0 Å². The van der Waals surface area contributed by atoms with E-state index in [0.717, 1.165) is 35.0 Å². The lowest BCUT2D eigenvalue weighted by atomic mass is 10.1. The van der Waals surface area contributed by atoms with Gasteiger partial charge < -0.3 is 19.9 Å². The first kappa shape index (κ1) is 35.8. The Balaban J connectivity index is 0.000000199. The fourth-order valence-corrected chi connectivity index (χ4v) is 4.87. The minimum absolute atomic E-state index is 0.133.